The first-order valence-electron chi connectivity index (χ1n) is 12.0. The second-order valence-corrected chi connectivity index (χ2v) is 8.92. The number of hydrogen-bond acceptors (Lipinski definition) is 5. The van der Waals surface area contributed by atoms with E-state index < -0.39 is 0 Å². The Morgan fingerprint density at radius 3 is 2.58 bits per heavy atom. The Morgan fingerprint density at radius 1 is 1.12 bits per heavy atom. The van der Waals surface area contributed by atoms with Crippen LogP contribution in [0.2, 0.25) is 0 Å². The average Bonchev–Trinajstić information content (AvgIpc) is 3.36. The second kappa shape index (κ2) is 14.9. The maximum absolute atomic E-state index is 5.80. The molecule has 0 amide bonds. The molecule has 33 heavy (non-hydrogen) atoms. The molecule has 0 bridgehead atoms. The van der Waals surface area contributed by atoms with Crippen molar-refractivity contribution in [3.05, 3.63) is 23.8 Å². The van der Waals surface area contributed by atoms with Gasteiger partial charge >= 0.3 is 0 Å². The topological polar surface area (TPSA) is 73.3 Å². The zero-order valence-corrected chi connectivity index (χ0v) is 22.8. The van der Waals surface area contributed by atoms with Crippen LogP contribution in [0.1, 0.15) is 50.5 Å². The highest BCUT2D eigenvalue weighted by molar-refractivity contribution is 14.0. The van der Waals surface area contributed by atoms with Gasteiger partial charge in [0, 0.05) is 44.7 Å². The lowest BCUT2D eigenvalue weighted by molar-refractivity contribution is 0.0888. The van der Waals surface area contributed by atoms with Gasteiger partial charge in [-0.05, 0) is 43.4 Å². The maximum Gasteiger partial charge on any atom is 0.191 e. The molecule has 1 aromatic rings. The van der Waals surface area contributed by atoms with E-state index in [2.05, 4.69) is 27.8 Å². The monoisotopic (exact) mass is 575 g/mol. The van der Waals surface area contributed by atoms with Crippen LogP contribution in [0.5, 0.6) is 11.5 Å². The fourth-order valence-corrected chi connectivity index (χ4v) is 4.78. The van der Waals surface area contributed by atoms with Crippen molar-refractivity contribution in [2.75, 3.05) is 60.8 Å². The van der Waals surface area contributed by atoms with E-state index in [0.29, 0.717) is 5.92 Å². The van der Waals surface area contributed by atoms with Gasteiger partial charge in [-0.3, -0.25) is 4.99 Å². The predicted molar refractivity (Wildman–Crippen MR) is 143 cm³/mol. The third-order valence-electron chi connectivity index (χ3n) is 6.76. The van der Waals surface area contributed by atoms with Crippen molar-refractivity contribution in [3.63, 3.8) is 0 Å². The molecule has 7 nitrogen and oxygen atoms in total. The Kier molecular flexibility index (Phi) is 12.6. The third-order valence-corrected chi connectivity index (χ3v) is 6.76. The molecule has 8 heteroatoms. The van der Waals surface area contributed by atoms with Crippen molar-refractivity contribution < 1.29 is 18.9 Å². The van der Waals surface area contributed by atoms with Crippen LogP contribution < -0.4 is 20.1 Å². The Labute approximate surface area is 216 Å². The summed E-state index contributed by atoms with van der Waals surface area (Å²) < 4.78 is 22.2. The standard InChI is InChI=1S/C25H41N3O4.HI/c1-26-24(27-13-7-14-31-17-20-10-15-32-18-20)28-19-25(11-5-4-6-12-25)21-8-9-22(29-2)23(16-21)30-3;/h8-9,16,20H,4-7,10-15,17-19H2,1-3H3,(H2,26,27,28);1H. The molecule has 1 heterocycles. The molecule has 0 radical (unpaired) electrons. The number of benzene rings is 1. The van der Waals surface area contributed by atoms with Gasteiger partial charge in [-0.15, -0.1) is 24.0 Å². The fraction of sp³-hybridized carbons (Fsp3) is 0.720. The lowest BCUT2D eigenvalue weighted by Gasteiger charge is -2.38. The number of methoxy groups -OCH3 is 2. The second-order valence-electron chi connectivity index (χ2n) is 8.92. The van der Waals surface area contributed by atoms with Gasteiger partial charge in [-0.1, -0.05) is 25.3 Å². The first kappa shape index (κ1) is 28.0. The molecule has 1 atom stereocenters. The highest BCUT2D eigenvalue weighted by Crippen LogP contribution is 2.42. The Bertz CT molecular complexity index is 720. The van der Waals surface area contributed by atoms with Crippen LogP contribution in [0, 0.1) is 5.92 Å². The minimum atomic E-state index is 0. The largest absolute Gasteiger partial charge is 0.493 e. The van der Waals surface area contributed by atoms with Crippen molar-refractivity contribution in [2.45, 2.75) is 50.4 Å². The molecular formula is C25H42IN3O4. The van der Waals surface area contributed by atoms with E-state index in [4.69, 9.17) is 18.9 Å². The lowest BCUT2D eigenvalue weighted by Crippen LogP contribution is -2.46. The molecule has 2 N–H and O–H groups in total. The Balaban J connectivity index is 0.00000385. The van der Waals surface area contributed by atoms with Gasteiger partial charge in [0.25, 0.3) is 0 Å². The third kappa shape index (κ3) is 8.17. The van der Waals surface area contributed by atoms with E-state index in [1.165, 1.54) is 24.8 Å². The van der Waals surface area contributed by atoms with Crippen LogP contribution in [0.15, 0.2) is 23.2 Å². The average molecular weight is 576 g/mol. The minimum absolute atomic E-state index is 0. The zero-order chi connectivity index (χ0) is 22.7. The fourth-order valence-electron chi connectivity index (χ4n) is 4.78. The van der Waals surface area contributed by atoms with Gasteiger partial charge < -0.3 is 29.6 Å². The maximum atomic E-state index is 5.80. The summed E-state index contributed by atoms with van der Waals surface area (Å²) in [6, 6.07) is 6.36. The molecule has 188 valence electrons. The summed E-state index contributed by atoms with van der Waals surface area (Å²) >= 11 is 0. The molecule has 1 aliphatic carbocycles. The number of hydrogen-bond donors (Lipinski definition) is 2. The summed E-state index contributed by atoms with van der Waals surface area (Å²) in [5.74, 6) is 2.98. The molecule has 2 aliphatic rings. The van der Waals surface area contributed by atoms with Crippen LogP contribution in [0.25, 0.3) is 0 Å². The van der Waals surface area contributed by atoms with Gasteiger partial charge in [0.2, 0.25) is 0 Å². The van der Waals surface area contributed by atoms with Crippen molar-refractivity contribution in [3.8, 4) is 11.5 Å². The summed E-state index contributed by atoms with van der Waals surface area (Å²) in [4.78, 5) is 4.43. The van der Waals surface area contributed by atoms with E-state index >= 15 is 0 Å². The van der Waals surface area contributed by atoms with Crippen molar-refractivity contribution in [1.82, 2.24) is 10.6 Å². The summed E-state index contributed by atoms with van der Waals surface area (Å²) in [6.45, 7) is 4.97. The van der Waals surface area contributed by atoms with Crippen LogP contribution in [0.4, 0.5) is 0 Å². The summed E-state index contributed by atoms with van der Waals surface area (Å²) in [5, 5.41) is 7.03. The van der Waals surface area contributed by atoms with Crippen LogP contribution in [0.3, 0.4) is 0 Å². The molecular weight excluding hydrogens is 533 g/mol. The zero-order valence-electron chi connectivity index (χ0n) is 20.5. The lowest BCUT2D eigenvalue weighted by atomic mass is 9.69. The van der Waals surface area contributed by atoms with Crippen molar-refractivity contribution >= 4 is 29.9 Å². The van der Waals surface area contributed by atoms with E-state index in [-0.39, 0.29) is 29.4 Å². The van der Waals surface area contributed by atoms with E-state index in [9.17, 15) is 0 Å². The van der Waals surface area contributed by atoms with Crippen molar-refractivity contribution in [1.29, 1.82) is 0 Å². The van der Waals surface area contributed by atoms with Crippen LogP contribution in [-0.4, -0.2) is 66.7 Å². The normalized spacial score (nSPS) is 20.1. The first-order chi connectivity index (χ1) is 15.7. The Hall–Kier alpha value is -1.26. The van der Waals surface area contributed by atoms with Crippen LogP contribution >= 0.6 is 24.0 Å². The van der Waals surface area contributed by atoms with Crippen LogP contribution in [-0.2, 0) is 14.9 Å². The minimum Gasteiger partial charge on any atom is -0.493 e. The SMILES string of the molecule is CN=C(NCCCOCC1CCOC1)NCC1(c2ccc(OC)c(OC)c2)CCCCC1.I. The van der Waals surface area contributed by atoms with E-state index in [1.807, 2.05) is 13.1 Å². The van der Waals surface area contributed by atoms with E-state index in [1.54, 1.807) is 14.2 Å². The molecule has 1 saturated carbocycles. The quantitative estimate of drug-likeness (QED) is 0.179. The van der Waals surface area contributed by atoms with E-state index in [0.717, 1.165) is 82.7 Å². The van der Waals surface area contributed by atoms with Crippen molar-refractivity contribution in [2.24, 2.45) is 10.9 Å². The highest BCUT2D eigenvalue weighted by atomic mass is 127. The number of ether oxygens (including phenoxy) is 4. The number of nitrogens with zero attached hydrogens (tertiary/aromatic N) is 1. The van der Waals surface area contributed by atoms with Gasteiger partial charge in [0.05, 0.1) is 27.4 Å². The predicted octanol–water partition coefficient (Wildman–Crippen LogP) is 4.13. The number of halogens is 1. The summed E-state index contributed by atoms with van der Waals surface area (Å²) in [6.07, 6.45) is 8.17. The molecule has 1 aliphatic heterocycles. The number of guanidine groups is 1. The molecule has 2 fully saturated rings. The molecule has 0 spiro atoms. The summed E-state index contributed by atoms with van der Waals surface area (Å²) in [7, 11) is 5.21. The number of rotatable bonds is 11. The molecule has 1 saturated heterocycles. The molecule has 1 unspecified atom stereocenters. The summed E-state index contributed by atoms with van der Waals surface area (Å²) in [5.41, 5.74) is 1.38. The van der Waals surface area contributed by atoms with Gasteiger partial charge in [-0.25, -0.2) is 0 Å². The first-order valence-corrected chi connectivity index (χ1v) is 12.0. The van der Waals surface area contributed by atoms with Gasteiger partial charge in [0.1, 0.15) is 0 Å². The van der Waals surface area contributed by atoms with Gasteiger partial charge in [0.15, 0.2) is 17.5 Å². The molecule has 0 aromatic heterocycles. The molecule has 3 rings (SSSR count). The highest BCUT2D eigenvalue weighted by Gasteiger charge is 2.34. The van der Waals surface area contributed by atoms with Gasteiger partial charge in [-0.2, -0.15) is 0 Å². The Morgan fingerprint density at radius 2 is 1.91 bits per heavy atom. The molecule has 1 aromatic carbocycles. The smallest absolute Gasteiger partial charge is 0.191 e. The number of aliphatic imine (C=N–C) groups is 1. The number of nitrogens with one attached hydrogen (secondary N) is 2.